The second-order valence-electron chi connectivity index (χ2n) is 3.23. The van der Waals surface area contributed by atoms with Gasteiger partial charge in [-0.25, -0.2) is 4.98 Å². The molecule has 0 spiro atoms. The van der Waals surface area contributed by atoms with E-state index in [2.05, 4.69) is 4.98 Å². The van der Waals surface area contributed by atoms with Crippen LogP contribution in [0.4, 0.5) is 0 Å². The number of hydrogen-bond acceptors (Lipinski definition) is 4. The molecule has 1 aromatic carbocycles. The van der Waals surface area contributed by atoms with Crippen molar-refractivity contribution in [3.05, 3.63) is 36.0 Å². The molecule has 0 N–H and O–H groups in total. The van der Waals surface area contributed by atoms with E-state index in [4.69, 9.17) is 20.8 Å². The van der Waals surface area contributed by atoms with E-state index >= 15 is 0 Å². The lowest BCUT2D eigenvalue weighted by Gasteiger charge is -1.96. The van der Waals surface area contributed by atoms with Gasteiger partial charge in [-0.05, 0) is 30.7 Å². The third kappa shape index (κ3) is 2.47. The summed E-state index contributed by atoms with van der Waals surface area (Å²) in [5, 5.41) is -0.695. The zero-order chi connectivity index (χ0) is 12.3. The monoisotopic (exact) mass is 251 g/mol. The molecular formula is C12H10ClNO3. The molecule has 0 aliphatic carbocycles. The van der Waals surface area contributed by atoms with Crippen molar-refractivity contribution in [2.75, 3.05) is 6.61 Å². The van der Waals surface area contributed by atoms with E-state index in [1.807, 2.05) is 30.3 Å². The first-order valence-electron chi connectivity index (χ1n) is 5.11. The number of carbonyl (C=O) groups is 1. The number of halogens is 1. The minimum absolute atomic E-state index is 0.00682. The summed E-state index contributed by atoms with van der Waals surface area (Å²) in [5.74, 6) is 0.379. The van der Waals surface area contributed by atoms with Crippen LogP contribution in [0.2, 0.25) is 0 Å². The Morgan fingerprint density at radius 1 is 1.41 bits per heavy atom. The summed E-state index contributed by atoms with van der Waals surface area (Å²) in [4.78, 5) is 15.2. The van der Waals surface area contributed by atoms with Crippen LogP contribution in [-0.4, -0.2) is 16.8 Å². The molecule has 0 saturated heterocycles. The Bertz CT molecular complexity index is 522. The van der Waals surface area contributed by atoms with Crippen LogP contribution in [0.25, 0.3) is 11.5 Å². The molecule has 1 heterocycles. The van der Waals surface area contributed by atoms with Gasteiger partial charge in [-0.3, -0.25) is 4.79 Å². The van der Waals surface area contributed by atoms with Crippen LogP contribution in [0.3, 0.4) is 0 Å². The molecule has 0 amide bonds. The lowest BCUT2D eigenvalue weighted by molar-refractivity contribution is 0.107. The average molecular weight is 252 g/mol. The molecule has 0 radical (unpaired) electrons. The van der Waals surface area contributed by atoms with Crippen molar-refractivity contribution >= 4 is 16.8 Å². The lowest BCUT2D eigenvalue weighted by Crippen LogP contribution is -1.97. The number of hydrogen-bond donors (Lipinski definition) is 0. The van der Waals surface area contributed by atoms with Crippen molar-refractivity contribution in [3.8, 4) is 17.4 Å². The van der Waals surface area contributed by atoms with Crippen molar-refractivity contribution in [1.29, 1.82) is 0 Å². The normalized spacial score (nSPS) is 10.2. The molecular weight excluding hydrogens is 242 g/mol. The standard InChI is InChI=1S/C12H10ClNO3/c1-2-16-12-9(10(13)15)14-11(17-12)8-6-4-3-5-7-8/h3-7H,2H2,1H3. The molecule has 0 aliphatic rings. The summed E-state index contributed by atoms with van der Waals surface area (Å²) >= 11 is 5.40. The largest absolute Gasteiger partial charge is 0.464 e. The zero-order valence-corrected chi connectivity index (χ0v) is 9.90. The predicted octanol–water partition coefficient (Wildman–Crippen LogP) is 3.12. The van der Waals surface area contributed by atoms with E-state index in [9.17, 15) is 4.79 Å². The van der Waals surface area contributed by atoms with Crippen LogP contribution in [0.1, 0.15) is 17.4 Å². The Hall–Kier alpha value is -1.81. The summed E-state index contributed by atoms with van der Waals surface area (Å²) in [6.45, 7) is 2.16. The third-order valence-electron chi connectivity index (χ3n) is 2.08. The van der Waals surface area contributed by atoms with Gasteiger partial charge in [0, 0.05) is 5.56 Å². The van der Waals surface area contributed by atoms with Crippen molar-refractivity contribution in [1.82, 2.24) is 4.98 Å². The molecule has 1 aromatic heterocycles. The first-order chi connectivity index (χ1) is 8.22. The topological polar surface area (TPSA) is 52.3 Å². The maximum atomic E-state index is 11.1. The Morgan fingerprint density at radius 3 is 2.71 bits per heavy atom. The van der Waals surface area contributed by atoms with Crippen LogP contribution in [0.15, 0.2) is 34.7 Å². The van der Waals surface area contributed by atoms with Gasteiger partial charge in [-0.15, -0.1) is 0 Å². The van der Waals surface area contributed by atoms with Crippen LogP contribution >= 0.6 is 11.6 Å². The van der Waals surface area contributed by atoms with E-state index in [1.165, 1.54) is 0 Å². The number of ether oxygens (including phenoxy) is 1. The number of carbonyl (C=O) groups excluding carboxylic acids is 1. The lowest BCUT2D eigenvalue weighted by atomic mass is 10.2. The SMILES string of the molecule is CCOc1oc(-c2ccccc2)nc1C(=O)Cl. The predicted molar refractivity (Wildman–Crippen MR) is 63.3 cm³/mol. The van der Waals surface area contributed by atoms with Crippen molar-refractivity contribution < 1.29 is 13.9 Å². The van der Waals surface area contributed by atoms with E-state index in [1.54, 1.807) is 6.92 Å². The molecule has 0 aliphatic heterocycles. The number of aromatic nitrogens is 1. The molecule has 2 rings (SSSR count). The zero-order valence-electron chi connectivity index (χ0n) is 9.14. The van der Waals surface area contributed by atoms with Gasteiger partial charge in [0.05, 0.1) is 6.61 Å². The molecule has 17 heavy (non-hydrogen) atoms. The quantitative estimate of drug-likeness (QED) is 0.784. The number of nitrogens with zero attached hydrogens (tertiary/aromatic N) is 1. The van der Waals surface area contributed by atoms with Gasteiger partial charge < -0.3 is 9.15 Å². The molecule has 0 saturated carbocycles. The van der Waals surface area contributed by atoms with E-state index in [0.29, 0.717) is 12.5 Å². The number of benzene rings is 1. The van der Waals surface area contributed by atoms with Gasteiger partial charge in [0.25, 0.3) is 5.24 Å². The fourth-order valence-electron chi connectivity index (χ4n) is 1.36. The molecule has 4 nitrogen and oxygen atoms in total. The van der Waals surface area contributed by atoms with Crippen molar-refractivity contribution in [2.24, 2.45) is 0 Å². The maximum Gasteiger partial charge on any atom is 0.318 e. The van der Waals surface area contributed by atoms with E-state index < -0.39 is 5.24 Å². The second kappa shape index (κ2) is 5.01. The van der Waals surface area contributed by atoms with Gasteiger partial charge in [-0.1, -0.05) is 18.2 Å². The smallest absolute Gasteiger partial charge is 0.318 e. The summed E-state index contributed by atoms with van der Waals surface area (Å²) in [5.41, 5.74) is 0.769. The molecule has 0 atom stereocenters. The van der Waals surface area contributed by atoms with E-state index in [0.717, 1.165) is 5.56 Å². The Morgan fingerprint density at radius 2 is 2.12 bits per heavy atom. The highest BCUT2D eigenvalue weighted by atomic mass is 35.5. The van der Waals surface area contributed by atoms with Gasteiger partial charge >= 0.3 is 5.95 Å². The van der Waals surface area contributed by atoms with Crippen LogP contribution < -0.4 is 4.74 Å². The van der Waals surface area contributed by atoms with Gasteiger partial charge in [-0.2, -0.15) is 0 Å². The first kappa shape index (κ1) is 11.7. The summed E-state index contributed by atoms with van der Waals surface area (Å²) < 4.78 is 10.5. The van der Waals surface area contributed by atoms with E-state index in [-0.39, 0.29) is 11.6 Å². The minimum atomic E-state index is -0.695. The van der Waals surface area contributed by atoms with Crippen molar-refractivity contribution in [2.45, 2.75) is 6.92 Å². The molecule has 5 heteroatoms. The number of rotatable bonds is 4. The van der Waals surface area contributed by atoms with Crippen molar-refractivity contribution in [3.63, 3.8) is 0 Å². The Kier molecular flexibility index (Phi) is 3.44. The highest BCUT2D eigenvalue weighted by molar-refractivity contribution is 6.67. The third-order valence-corrected chi connectivity index (χ3v) is 2.26. The summed E-state index contributed by atoms with van der Waals surface area (Å²) in [7, 11) is 0. The van der Waals surface area contributed by atoms with Crippen LogP contribution in [0.5, 0.6) is 5.95 Å². The molecule has 0 bridgehead atoms. The molecule has 2 aromatic rings. The van der Waals surface area contributed by atoms with Gasteiger partial charge in [0.15, 0.2) is 0 Å². The fraction of sp³-hybridized carbons (Fsp3) is 0.167. The molecule has 0 fully saturated rings. The highest BCUT2D eigenvalue weighted by Crippen LogP contribution is 2.28. The summed E-state index contributed by atoms with van der Waals surface area (Å²) in [6, 6.07) is 9.22. The van der Waals surface area contributed by atoms with Crippen LogP contribution in [0, 0.1) is 0 Å². The van der Waals surface area contributed by atoms with Crippen LogP contribution in [-0.2, 0) is 0 Å². The second-order valence-corrected chi connectivity index (χ2v) is 3.57. The summed E-state index contributed by atoms with van der Waals surface area (Å²) in [6.07, 6.45) is 0. The van der Waals surface area contributed by atoms with Gasteiger partial charge in [0.2, 0.25) is 11.6 Å². The maximum absolute atomic E-state index is 11.1. The molecule has 0 unspecified atom stereocenters. The Balaban J connectivity index is 2.44. The number of oxazole rings is 1. The first-order valence-corrected chi connectivity index (χ1v) is 5.49. The average Bonchev–Trinajstić information content (AvgIpc) is 2.75. The fourth-order valence-corrected chi connectivity index (χ4v) is 1.48. The highest BCUT2D eigenvalue weighted by Gasteiger charge is 2.20. The minimum Gasteiger partial charge on any atom is -0.464 e. The Labute approximate surface area is 103 Å². The molecule has 88 valence electrons. The van der Waals surface area contributed by atoms with Gasteiger partial charge in [0.1, 0.15) is 0 Å².